The second-order valence-electron chi connectivity index (χ2n) is 9.53. The number of aromatic nitrogens is 4. The summed E-state index contributed by atoms with van der Waals surface area (Å²) in [5.74, 6) is -3.34. The highest BCUT2D eigenvalue weighted by Crippen LogP contribution is 2.39. The Hall–Kier alpha value is -4.40. The summed E-state index contributed by atoms with van der Waals surface area (Å²) in [5, 5.41) is 6.48. The van der Waals surface area contributed by atoms with Crippen LogP contribution in [-0.4, -0.2) is 62.8 Å². The number of nitrogen functional groups attached to an aromatic ring is 1. The van der Waals surface area contributed by atoms with Crippen molar-refractivity contribution in [3.05, 3.63) is 71.2 Å². The number of pyridine rings is 1. The van der Waals surface area contributed by atoms with Crippen molar-refractivity contribution in [3.63, 3.8) is 0 Å². The number of carbonyl (C=O) groups is 1. The molecular weight excluding hydrogens is 556 g/mol. The van der Waals surface area contributed by atoms with Gasteiger partial charge in [0.05, 0.1) is 24.4 Å². The number of methoxy groups -OCH3 is 1. The van der Waals surface area contributed by atoms with Crippen molar-refractivity contribution in [3.8, 4) is 17.1 Å². The maximum Gasteiger partial charge on any atom is 0.418 e. The lowest BCUT2D eigenvalue weighted by molar-refractivity contribution is -0.136. The minimum absolute atomic E-state index is 0.0526. The van der Waals surface area contributed by atoms with Gasteiger partial charge in [0.2, 0.25) is 5.88 Å². The molecule has 1 saturated heterocycles. The fourth-order valence-electron chi connectivity index (χ4n) is 4.88. The van der Waals surface area contributed by atoms with Gasteiger partial charge in [0.15, 0.2) is 17.5 Å². The standard InChI is InChI=1S/C26H23F6N7O2/c1-12(13-3-4-17(27)18(28)6-13)38-9-19(29)20(10-38)37-24(40)15-5-14(8-34-25(15)41-2)21-7-16(26(30,31)32)22-23(33)35-11-36-39(21)22/h3-8,11-12,19-20H,9-10H2,1-2H3,(H,37,40)(H2,33,35,36)/t12-,19+,20-/m1/s1. The molecule has 0 radical (unpaired) electrons. The van der Waals surface area contributed by atoms with Gasteiger partial charge in [-0.05, 0) is 36.8 Å². The summed E-state index contributed by atoms with van der Waals surface area (Å²) < 4.78 is 89.5. The molecule has 9 nitrogen and oxygen atoms in total. The summed E-state index contributed by atoms with van der Waals surface area (Å²) >= 11 is 0. The van der Waals surface area contributed by atoms with Crippen LogP contribution in [0.4, 0.5) is 32.2 Å². The van der Waals surface area contributed by atoms with Gasteiger partial charge in [-0.25, -0.2) is 27.7 Å². The molecular formula is C26H23F6N7O2. The molecule has 15 heteroatoms. The molecule has 1 aromatic carbocycles. The van der Waals surface area contributed by atoms with E-state index in [1.54, 1.807) is 11.8 Å². The number of hydrogen-bond donors (Lipinski definition) is 2. The third kappa shape index (κ3) is 5.24. The van der Waals surface area contributed by atoms with Crippen LogP contribution < -0.4 is 15.8 Å². The number of fused-ring (bicyclic) bond motifs is 1. The van der Waals surface area contributed by atoms with Crippen molar-refractivity contribution in [1.82, 2.24) is 29.8 Å². The zero-order valence-electron chi connectivity index (χ0n) is 21.6. The fourth-order valence-corrected chi connectivity index (χ4v) is 4.88. The minimum atomic E-state index is -4.77. The Labute approximate surface area is 228 Å². The summed E-state index contributed by atoms with van der Waals surface area (Å²) in [4.78, 5) is 22.7. The summed E-state index contributed by atoms with van der Waals surface area (Å²) in [7, 11) is 1.25. The molecule has 0 spiro atoms. The number of amides is 1. The first-order valence-corrected chi connectivity index (χ1v) is 12.3. The van der Waals surface area contributed by atoms with E-state index in [0.717, 1.165) is 29.0 Å². The van der Waals surface area contributed by atoms with Crippen LogP contribution in [0, 0.1) is 11.6 Å². The Morgan fingerprint density at radius 1 is 1.15 bits per heavy atom. The van der Waals surface area contributed by atoms with Crippen molar-refractivity contribution in [2.75, 3.05) is 25.9 Å². The second kappa shape index (κ2) is 10.5. The number of halogens is 6. The average molecular weight is 580 g/mol. The maximum atomic E-state index is 15.0. The Kier molecular flexibility index (Phi) is 7.23. The van der Waals surface area contributed by atoms with Gasteiger partial charge in [0.1, 0.15) is 23.6 Å². The topological polar surface area (TPSA) is 111 Å². The van der Waals surface area contributed by atoms with Gasteiger partial charge in [-0.3, -0.25) is 9.69 Å². The van der Waals surface area contributed by atoms with E-state index in [0.29, 0.717) is 5.56 Å². The van der Waals surface area contributed by atoms with E-state index < -0.39 is 58.9 Å². The largest absolute Gasteiger partial charge is 0.480 e. The van der Waals surface area contributed by atoms with E-state index in [1.807, 2.05) is 0 Å². The van der Waals surface area contributed by atoms with Gasteiger partial charge in [0.25, 0.3) is 5.91 Å². The summed E-state index contributed by atoms with van der Waals surface area (Å²) in [5.41, 5.74) is 4.46. The first kappa shape index (κ1) is 28.1. The lowest BCUT2D eigenvalue weighted by Gasteiger charge is -2.24. The number of carbonyl (C=O) groups excluding carboxylic acids is 1. The first-order chi connectivity index (χ1) is 19.4. The van der Waals surface area contributed by atoms with Crippen LogP contribution in [0.15, 0.2) is 42.9 Å². The predicted octanol–water partition coefficient (Wildman–Crippen LogP) is 4.19. The Morgan fingerprint density at radius 2 is 1.90 bits per heavy atom. The van der Waals surface area contributed by atoms with Crippen LogP contribution in [0.25, 0.3) is 16.8 Å². The Balaban J connectivity index is 1.42. The minimum Gasteiger partial charge on any atom is -0.480 e. The van der Waals surface area contributed by atoms with E-state index in [1.165, 1.54) is 25.4 Å². The molecule has 4 aromatic rings. The molecule has 0 saturated carbocycles. The molecule has 3 aromatic heterocycles. The number of anilines is 1. The summed E-state index contributed by atoms with van der Waals surface area (Å²) in [6.07, 6.45) is -4.08. The smallest absolute Gasteiger partial charge is 0.418 e. The number of nitrogens with one attached hydrogen (secondary N) is 1. The van der Waals surface area contributed by atoms with Crippen molar-refractivity contribution in [2.45, 2.75) is 31.4 Å². The molecule has 4 heterocycles. The van der Waals surface area contributed by atoms with E-state index in [9.17, 15) is 26.7 Å². The molecule has 0 aliphatic carbocycles. The van der Waals surface area contributed by atoms with E-state index in [2.05, 4.69) is 20.4 Å². The zero-order valence-corrected chi connectivity index (χ0v) is 21.6. The van der Waals surface area contributed by atoms with Crippen LogP contribution in [-0.2, 0) is 6.18 Å². The molecule has 1 fully saturated rings. The van der Waals surface area contributed by atoms with Crippen molar-refractivity contribution in [2.24, 2.45) is 0 Å². The molecule has 216 valence electrons. The predicted molar refractivity (Wildman–Crippen MR) is 135 cm³/mol. The van der Waals surface area contributed by atoms with Gasteiger partial charge in [0, 0.05) is 30.9 Å². The molecule has 0 unspecified atom stereocenters. The van der Waals surface area contributed by atoms with Crippen LogP contribution in [0.2, 0.25) is 0 Å². The number of nitrogens with two attached hydrogens (primary N) is 1. The van der Waals surface area contributed by atoms with Gasteiger partial charge in [-0.2, -0.15) is 18.3 Å². The summed E-state index contributed by atoms with van der Waals surface area (Å²) in [6.45, 7) is 1.67. The zero-order chi connectivity index (χ0) is 29.6. The van der Waals surface area contributed by atoms with Crippen LogP contribution in [0.5, 0.6) is 5.88 Å². The lowest BCUT2D eigenvalue weighted by atomic mass is 10.1. The maximum absolute atomic E-state index is 15.0. The third-order valence-electron chi connectivity index (χ3n) is 7.04. The van der Waals surface area contributed by atoms with Gasteiger partial charge < -0.3 is 15.8 Å². The van der Waals surface area contributed by atoms with Crippen molar-refractivity contribution >= 4 is 17.2 Å². The molecule has 0 bridgehead atoms. The van der Waals surface area contributed by atoms with Crippen molar-refractivity contribution < 1.29 is 35.9 Å². The Morgan fingerprint density at radius 3 is 2.59 bits per heavy atom. The van der Waals surface area contributed by atoms with Gasteiger partial charge >= 0.3 is 6.18 Å². The highest BCUT2D eigenvalue weighted by molar-refractivity contribution is 5.98. The number of ether oxygens (including phenoxy) is 1. The number of hydrogen-bond acceptors (Lipinski definition) is 7. The highest BCUT2D eigenvalue weighted by atomic mass is 19.4. The van der Waals surface area contributed by atoms with Crippen molar-refractivity contribution in [1.29, 1.82) is 0 Å². The van der Waals surface area contributed by atoms with Crippen LogP contribution >= 0.6 is 0 Å². The molecule has 3 atom stereocenters. The number of likely N-dealkylation sites (tertiary alicyclic amines) is 1. The monoisotopic (exact) mass is 579 g/mol. The molecule has 1 aliphatic heterocycles. The summed E-state index contributed by atoms with van der Waals surface area (Å²) in [6, 6.07) is 4.03. The average Bonchev–Trinajstić information content (AvgIpc) is 3.51. The molecule has 5 rings (SSSR count). The number of benzene rings is 1. The molecule has 41 heavy (non-hydrogen) atoms. The quantitative estimate of drug-likeness (QED) is 0.330. The van der Waals surface area contributed by atoms with Crippen LogP contribution in [0.3, 0.4) is 0 Å². The fraction of sp³-hybridized carbons (Fsp3) is 0.308. The number of rotatable bonds is 6. The highest BCUT2D eigenvalue weighted by Gasteiger charge is 2.38. The molecule has 1 aliphatic rings. The van der Waals surface area contributed by atoms with E-state index >= 15 is 4.39 Å². The molecule has 3 N–H and O–H groups in total. The van der Waals surface area contributed by atoms with Gasteiger partial charge in [-0.1, -0.05) is 6.07 Å². The lowest BCUT2D eigenvalue weighted by Crippen LogP contribution is -2.41. The normalized spacial score (nSPS) is 18.5. The third-order valence-corrected chi connectivity index (χ3v) is 7.04. The second-order valence-corrected chi connectivity index (χ2v) is 9.53. The number of nitrogens with zero attached hydrogens (tertiary/aromatic N) is 5. The Bertz CT molecular complexity index is 1630. The van der Waals surface area contributed by atoms with E-state index in [4.69, 9.17) is 10.5 Å². The first-order valence-electron chi connectivity index (χ1n) is 12.3. The van der Waals surface area contributed by atoms with E-state index in [-0.39, 0.29) is 35.8 Å². The van der Waals surface area contributed by atoms with Crippen LogP contribution in [0.1, 0.15) is 34.5 Å². The van der Waals surface area contributed by atoms with Gasteiger partial charge in [-0.15, -0.1) is 0 Å². The number of alkyl halides is 4. The SMILES string of the molecule is COc1ncc(-c2cc(C(F)(F)F)c3c(N)ncnn23)cc1C(=O)N[C@@H]1CN([C@H](C)c2ccc(F)c(F)c2)C[C@@H]1F. The molecule has 1 amide bonds.